The highest BCUT2D eigenvalue weighted by Gasteiger charge is 2.28. The molecule has 1 nitrogen and oxygen atoms in total. The molecule has 25 heavy (non-hydrogen) atoms. The second-order valence-corrected chi connectivity index (χ2v) is 8.79. The highest BCUT2D eigenvalue weighted by Crippen LogP contribution is 2.38. The Kier molecular flexibility index (Phi) is 6.22. The van der Waals surface area contributed by atoms with Crippen molar-refractivity contribution in [3.8, 4) is 0 Å². The Morgan fingerprint density at radius 2 is 1.44 bits per heavy atom. The highest BCUT2D eigenvalue weighted by molar-refractivity contribution is 7.22. The molecule has 2 aromatic carbocycles. The molecule has 0 aliphatic rings. The summed E-state index contributed by atoms with van der Waals surface area (Å²) >= 11 is 0. The predicted octanol–water partition coefficient (Wildman–Crippen LogP) is 7.36. The van der Waals surface area contributed by atoms with Crippen LogP contribution in [0.2, 0.25) is 0 Å². The van der Waals surface area contributed by atoms with Gasteiger partial charge in [-0.15, -0.1) is 0 Å². The van der Waals surface area contributed by atoms with Gasteiger partial charge in [0.25, 0.3) is 0 Å². The lowest BCUT2D eigenvalue weighted by atomic mass is 9.73. The zero-order valence-electron chi connectivity index (χ0n) is 16.7. The normalized spacial score (nSPS) is 12.4. The number of aryl methyl sites for hydroxylation is 1. The predicted molar refractivity (Wildman–Crippen MR) is 109 cm³/mol. The van der Waals surface area contributed by atoms with Crippen molar-refractivity contribution in [1.82, 2.24) is 0 Å². The summed E-state index contributed by atoms with van der Waals surface area (Å²) in [5.41, 5.74) is 7.71. The van der Waals surface area contributed by atoms with Crippen LogP contribution in [0.4, 0.5) is 0 Å². The Bertz CT molecular complexity index is 757. The molecule has 0 unspecified atom stereocenters. The van der Waals surface area contributed by atoms with E-state index in [4.69, 9.17) is 0 Å². The van der Waals surface area contributed by atoms with Crippen LogP contribution in [0.3, 0.4) is 0 Å². The maximum absolute atomic E-state index is 11.4. The van der Waals surface area contributed by atoms with Crippen LogP contribution < -0.4 is 0 Å². The van der Waals surface area contributed by atoms with E-state index in [0.717, 1.165) is 0 Å². The van der Waals surface area contributed by atoms with Crippen molar-refractivity contribution in [2.45, 2.75) is 71.9 Å². The first-order chi connectivity index (χ1) is 11.7. The van der Waals surface area contributed by atoms with Gasteiger partial charge in [0.15, 0.2) is 8.46 Å². The lowest BCUT2D eigenvalue weighted by molar-refractivity contribution is 0.596. The van der Waals surface area contributed by atoms with Crippen LogP contribution in [-0.2, 0) is 16.1 Å². The molecule has 0 radical (unpaired) electrons. The van der Waals surface area contributed by atoms with Gasteiger partial charge in [-0.1, -0.05) is 77.9 Å². The van der Waals surface area contributed by atoms with E-state index in [-0.39, 0.29) is 13.9 Å². The van der Waals surface area contributed by atoms with Crippen molar-refractivity contribution in [2.75, 3.05) is 0 Å². The van der Waals surface area contributed by atoms with Crippen molar-refractivity contribution < 1.29 is 4.57 Å². The van der Waals surface area contributed by atoms with Gasteiger partial charge in [0.1, 0.15) is 0 Å². The monoisotopic (exact) mass is 354 g/mol. The Morgan fingerprint density at radius 3 is 2.00 bits per heavy atom. The second kappa shape index (κ2) is 7.83. The van der Waals surface area contributed by atoms with E-state index in [0.29, 0.717) is 18.0 Å². The maximum atomic E-state index is 11.4. The van der Waals surface area contributed by atoms with E-state index in [1.54, 1.807) is 0 Å². The molecule has 0 amide bonds. The molecule has 0 N–H and O–H groups in total. The molecule has 0 atom stereocenters. The van der Waals surface area contributed by atoms with Gasteiger partial charge in [-0.25, -0.2) is 0 Å². The minimum atomic E-state index is -0.121. The molecule has 0 saturated carbocycles. The fraction of sp³-hybridized carbons (Fsp3) is 0.478. The minimum Gasteiger partial charge on any atom is -0.275 e. The quantitative estimate of drug-likeness (QED) is 0.495. The fourth-order valence-electron chi connectivity index (χ4n) is 3.60. The third kappa shape index (κ3) is 4.21. The molecular formula is C23H31OP. The molecule has 134 valence electrons. The Hall–Kier alpha value is -1.46. The summed E-state index contributed by atoms with van der Waals surface area (Å²) in [6.07, 6.45) is 0.572. The molecule has 0 saturated heterocycles. The summed E-state index contributed by atoms with van der Waals surface area (Å²) in [6, 6.07) is 13.5. The van der Waals surface area contributed by atoms with Crippen LogP contribution in [0.1, 0.15) is 86.8 Å². The summed E-state index contributed by atoms with van der Waals surface area (Å²) in [5, 5.41) is 0. The van der Waals surface area contributed by atoms with Crippen LogP contribution in [-0.4, -0.2) is 0 Å². The van der Waals surface area contributed by atoms with Crippen molar-refractivity contribution in [3.05, 3.63) is 69.8 Å². The van der Waals surface area contributed by atoms with Crippen LogP contribution >= 0.6 is 8.46 Å². The van der Waals surface area contributed by atoms with Crippen LogP contribution in [0.15, 0.2) is 36.4 Å². The van der Waals surface area contributed by atoms with Crippen molar-refractivity contribution in [1.29, 1.82) is 0 Å². The summed E-state index contributed by atoms with van der Waals surface area (Å²) in [5.74, 6) is 0.989. The molecule has 0 spiro atoms. The Morgan fingerprint density at radius 1 is 0.880 bits per heavy atom. The summed E-state index contributed by atoms with van der Waals surface area (Å²) < 4.78 is 11.4. The summed E-state index contributed by atoms with van der Waals surface area (Å²) in [7, 11) is 0.181. The molecule has 0 aliphatic heterocycles. The van der Waals surface area contributed by atoms with Crippen molar-refractivity contribution >= 4 is 8.46 Å². The molecule has 2 aromatic rings. The number of hydrogen-bond acceptors (Lipinski definition) is 1. The first-order valence-electron chi connectivity index (χ1n) is 9.22. The summed E-state index contributed by atoms with van der Waals surface area (Å²) in [6.45, 7) is 15.6. The molecule has 2 rings (SSSR count). The third-order valence-electron chi connectivity index (χ3n) is 5.31. The van der Waals surface area contributed by atoms with Crippen molar-refractivity contribution in [3.63, 3.8) is 0 Å². The SMILES string of the molecule is Cc1ccc(C(C)C)cc1C(C)(C)c1ccc(C(C)C)cc1CP=O. The van der Waals surface area contributed by atoms with Gasteiger partial charge >= 0.3 is 0 Å². The van der Waals surface area contributed by atoms with Gasteiger partial charge in [0.2, 0.25) is 0 Å². The van der Waals surface area contributed by atoms with Crippen LogP contribution in [0, 0.1) is 6.92 Å². The lowest BCUT2D eigenvalue weighted by Gasteiger charge is -2.31. The van der Waals surface area contributed by atoms with Gasteiger partial charge < -0.3 is 0 Å². The van der Waals surface area contributed by atoms with Gasteiger partial charge in [-0.05, 0) is 52.1 Å². The van der Waals surface area contributed by atoms with E-state index in [2.05, 4.69) is 84.9 Å². The molecular weight excluding hydrogens is 323 g/mol. The molecule has 2 heteroatoms. The zero-order valence-corrected chi connectivity index (χ0v) is 17.6. The molecule has 0 bridgehead atoms. The van der Waals surface area contributed by atoms with Gasteiger partial charge in [0, 0.05) is 5.41 Å². The third-order valence-corrected chi connectivity index (χ3v) is 5.78. The largest absolute Gasteiger partial charge is 0.275 e. The van der Waals surface area contributed by atoms with Gasteiger partial charge in [-0.2, -0.15) is 0 Å². The number of benzene rings is 2. The zero-order chi connectivity index (χ0) is 18.8. The first kappa shape index (κ1) is 19.9. The van der Waals surface area contributed by atoms with E-state index in [1.807, 2.05) is 0 Å². The Labute approximate surface area is 155 Å². The van der Waals surface area contributed by atoms with Crippen molar-refractivity contribution in [2.24, 2.45) is 0 Å². The lowest BCUT2D eigenvalue weighted by Crippen LogP contribution is -2.22. The molecule has 0 aromatic heterocycles. The minimum absolute atomic E-state index is 0.121. The summed E-state index contributed by atoms with van der Waals surface area (Å²) in [4.78, 5) is 0. The van der Waals surface area contributed by atoms with Gasteiger partial charge in [-0.3, -0.25) is 4.57 Å². The smallest absolute Gasteiger partial charge is 0.160 e. The van der Waals surface area contributed by atoms with Crippen LogP contribution in [0.25, 0.3) is 0 Å². The highest BCUT2D eigenvalue weighted by atomic mass is 31.1. The van der Waals surface area contributed by atoms with E-state index in [1.165, 1.54) is 33.4 Å². The standard InChI is InChI=1S/C23H31OP/c1-15(2)18-10-11-21(20(12-18)14-25-24)23(6,7)22-13-19(16(3)4)9-8-17(22)5/h8-13,15-16H,14H2,1-7H3. The number of rotatable bonds is 6. The molecule has 0 heterocycles. The second-order valence-electron chi connectivity index (χ2n) is 8.21. The Balaban J connectivity index is 2.63. The average molecular weight is 354 g/mol. The van der Waals surface area contributed by atoms with E-state index in [9.17, 15) is 4.57 Å². The average Bonchev–Trinajstić information content (AvgIpc) is 2.54. The first-order valence-corrected chi connectivity index (χ1v) is 10.2. The maximum Gasteiger partial charge on any atom is 0.160 e. The number of hydrogen-bond donors (Lipinski definition) is 0. The van der Waals surface area contributed by atoms with Crippen LogP contribution in [0.5, 0.6) is 0 Å². The molecule has 0 aliphatic carbocycles. The van der Waals surface area contributed by atoms with E-state index < -0.39 is 0 Å². The fourth-order valence-corrected chi connectivity index (χ4v) is 4.00. The molecule has 0 fully saturated rings. The topological polar surface area (TPSA) is 17.1 Å². The van der Waals surface area contributed by atoms with E-state index >= 15 is 0 Å². The van der Waals surface area contributed by atoms with Gasteiger partial charge in [0.05, 0.1) is 6.16 Å².